The molecule has 2 N–H and O–H groups in total. The number of aromatic nitrogens is 3. The fraction of sp³-hybridized carbons (Fsp3) is 0.0769. The average molecular weight is 276 g/mol. The molecule has 0 atom stereocenters. The van der Waals surface area contributed by atoms with Gasteiger partial charge in [0, 0.05) is 12.1 Å². The first-order valence-corrected chi connectivity index (χ1v) is 5.74. The highest BCUT2D eigenvalue weighted by atomic mass is 19.1. The number of hydrogen-bond donors (Lipinski definition) is 1. The Morgan fingerprint density at radius 2 is 1.95 bits per heavy atom. The van der Waals surface area contributed by atoms with E-state index in [4.69, 9.17) is 10.5 Å². The molecule has 1 aromatic carbocycles. The smallest absolute Gasteiger partial charge is 0.215 e. The summed E-state index contributed by atoms with van der Waals surface area (Å²) in [5.74, 6) is -0.853. The van der Waals surface area contributed by atoms with Gasteiger partial charge in [-0.3, -0.25) is 4.57 Å². The summed E-state index contributed by atoms with van der Waals surface area (Å²) in [6, 6.07) is 6.35. The van der Waals surface area contributed by atoms with Gasteiger partial charge in [-0.1, -0.05) is 0 Å². The first-order chi connectivity index (χ1) is 9.60. The van der Waals surface area contributed by atoms with Crippen molar-refractivity contribution in [3.63, 3.8) is 0 Å². The number of halogens is 2. The van der Waals surface area contributed by atoms with Crippen LogP contribution in [0.3, 0.4) is 0 Å². The highest BCUT2D eigenvalue weighted by Crippen LogP contribution is 2.25. The van der Waals surface area contributed by atoms with Crippen molar-refractivity contribution in [3.05, 3.63) is 42.0 Å². The van der Waals surface area contributed by atoms with Gasteiger partial charge in [0.1, 0.15) is 17.2 Å². The molecule has 0 spiro atoms. The molecule has 0 amide bonds. The molecular formula is C13H10F2N4O. The number of hydrogen-bond acceptors (Lipinski definition) is 4. The third-order valence-electron chi connectivity index (χ3n) is 2.86. The van der Waals surface area contributed by atoms with Crippen molar-refractivity contribution in [1.29, 1.82) is 0 Å². The molecule has 0 radical (unpaired) electrons. The van der Waals surface area contributed by atoms with Gasteiger partial charge in [-0.25, -0.2) is 13.8 Å². The number of nitrogen functional groups attached to an aromatic ring is 1. The Morgan fingerprint density at radius 1 is 1.15 bits per heavy atom. The molecule has 2 heterocycles. The number of benzene rings is 1. The second-order valence-corrected chi connectivity index (χ2v) is 4.10. The summed E-state index contributed by atoms with van der Waals surface area (Å²) in [5.41, 5.74) is 6.49. The van der Waals surface area contributed by atoms with Crippen LogP contribution in [0.5, 0.6) is 5.88 Å². The van der Waals surface area contributed by atoms with E-state index >= 15 is 0 Å². The lowest BCUT2D eigenvalue weighted by molar-refractivity contribution is 0.399. The predicted molar refractivity (Wildman–Crippen MR) is 69.7 cm³/mol. The van der Waals surface area contributed by atoms with Crippen LogP contribution in [0.1, 0.15) is 0 Å². The molecule has 0 aliphatic heterocycles. The minimum atomic E-state index is -0.623. The highest BCUT2D eigenvalue weighted by Gasteiger charge is 2.16. The van der Waals surface area contributed by atoms with Crippen LogP contribution in [0.15, 0.2) is 30.3 Å². The summed E-state index contributed by atoms with van der Waals surface area (Å²) in [6.07, 6.45) is 0. The zero-order chi connectivity index (χ0) is 14.3. The predicted octanol–water partition coefficient (Wildman–Crippen LogP) is 2.29. The van der Waals surface area contributed by atoms with Gasteiger partial charge in [-0.05, 0) is 18.2 Å². The number of ether oxygens (including phenoxy) is 1. The Morgan fingerprint density at radius 3 is 2.70 bits per heavy atom. The summed E-state index contributed by atoms with van der Waals surface area (Å²) in [4.78, 5) is 8.24. The topological polar surface area (TPSA) is 66.0 Å². The van der Waals surface area contributed by atoms with Crippen molar-refractivity contribution in [2.24, 2.45) is 0 Å². The van der Waals surface area contributed by atoms with Crippen LogP contribution in [0.4, 0.5) is 14.7 Å². The molecule has 2 aromatic heterocycles. The van der Waals surface area contributed by atoms with Gasteiger partial charge in [0.25, 0.3) is 0 Å². The molecule has 3 rings (SSSR count). The fourth-order valence-electron chi connectivity index (χ4n) is 1.97. The van der Waals surface area contributed by atoms with Crippen LogP contribution in [0.25, 0.3) is 16.9 Å². The minimum absolute atomic E-state index is 0.0188. The lowest BCUT2D eigenvalue weighted by Crippen LogP contribution is -2.04. The number of nitrogens with two attached hydrogens (primary N) is 1. The molecule has 0 bridgehead atoms. The van der Waals surface area contributed by atoms with E-state index in [1.165, 1.54) is 11.7 Å². The summed E-state index contributed by atoms with van der Waals surface area (Å²) >= 11 is 0. The number of rotatable bonds is 2. The second kappa shape index (κ2) is 4.44. The van der Waals surface area contributed by atoms with E-state index in [0.29, 0.717) is 17.0 Å². The monoisotopic (exact) mass is 276 g/mol. The number of nitrogens with zero attached hydrogens (tertiary/aromatic N) is 3. The van der Waals surface area contributed by atoms with Crippen LogP contribution in [0.2, 0.25) is 0 Å². The van der Waals surface area contributed by atoms with E-state index in [0.717, 1.165) is 18.2 Å². The standard InChI is InChI=1S/C13H10F2N4O/c1-20-11-5-4-9-12(18-11)19(13(16)17-9)10-6-7(14)2-3-8(10)15/h2-6H,1H3,(H2,16,17). The maximum atomic E-state index is 13.9. The normalized spacial score (nSPS) is 10.9. The van der Waals surface area contributed by atoms with Crippen LogP contribution < -0.4 is 10.5 Å². The summed E-state index contributed by atoms with van der Waals surface area (Å²) < 4.78 is 33.5. The maximum Gasteiger partial charge on any atom is 0.215 e. The molecular weight excluding hydrogens is 266 g/mol. The molecule has 0 aliphatic rings. The van der Waals surface area contributed by atoms with Crippen molar-refractivity contribution < 1.29 is 13.5 Å². The highest BCUT2D eigenvalue weighted by molar-refractivity contribution is 5.77. The SMILES string of the molecule is COc1ccc2nc(N)n(-c3cc(F)ccc3F)c2n1. The van der Waals surface area contributed by atoms with Gasteiger partial charge >= 0.3 is 0 Å². The van der Waals surface area contributed by atoms with Crippen molar-refractivity contribution in [2.45, 2.75) is 0 Å². The number of imidazole rings is 1. The number of fused-ring (bicyclic) bond motifs is 1. The summed E-state index contributed by atoms with van der Waals surface area (Å²) in [5, 5.41) is 0. The molecule has 0 saturated heterocycles. The summed E-state index contributed by atoms with van der Waals surface area (Å²) in [7, 11) is 1.46. The van der Waals surface area contributed by atoms with Gasteiger partial charge < -0.3 is 10.5 Å². The minimum Gasteiger partial charge on any atom is -0.481 e. The van der Waals surface area contributed by atoms with Crippen LogP contribution in [-0.4, -0.2) is 21.6 Å². The second-order valence-electron chi connectivity index (χ2n) is 4.10. The zero-order valence-electron chi connectivity index (χ0n) is 10.5. The Hall–Kier alpha value is -2.70. The van der Waals surface area contributed by atoms with E-state index in [1.807, 2.05) is 0 Å². The fourth-order valence-corrected chi connectivity index (χ4v) is 1.97. The quantitative estimate of drug-likeness (QED) is 0.780. The number of methoxy groups -OCH3 is 1. The molecule has 102 valence electrons. The van der Waals surface area contributed by atoms with Gasteiger partial charge in [-0.2, -0.15) is 4.98 Å². The van der Waals surface area contributed by atoms with Crippen molar-refractivity contribution in [3.8, 4) is 11.6 Å². The molecule has 7 heteroatoms. The first kappa shape index (κ1) is 12.3. The van der Waals surface area contributed by atoms with Gasteiger partial charge in [0.15, 0.2) is 5.65 Å². The molecule has 3 aromatic rings. The summed E-state index contributed by atoms with van der Waals surface area (Å²) in [6.45, 7) is 0. The third kappa shape index (κ3) is 1.83. The van der Waals surface area contributed by atoms with Gasteiger partial charge in [0.05, 0.1) is 12.8 Å². The van der Waals surface area contributed by atoms with E-state index < -0.39 is 11.6 Å². The lowest BCUT2D eigenvalue weighted by atomic mass is 10.3. The van der Waals surface area contributed by atoms with Crippen molar-refractivity contribution in [2.75, 3.05) is 12.8 Å². The van der Waals surface area contributed by atoms with Crippen LogP contribution in [0, 0.1) is 11.6 Å². The van der Waals surface area contributed by atoms with Crippen molar-refractivity contribution >= 4 is 17.1 Å². The number of anilines is 1. The van der Waals surface area contributed by atoms with Gasteiger partial charge in [-0.15, -0.1) is 0 Å². The Bertz CT molecular complexity index is 800. The molecule has 0 saturated carbocycles. The van der Waals surface area contributed by atoms with E-state index in [2.05, 4.69) is 9.97 Å². The average Bonchev–Trinajstić information content (AvgIpc) is 2.76. The molecule has 5 nitrogen and oxygen atoms in total. The number of pyridine rings is 1. The van der Waals surface area contributed by atoms with E-state index in [1.54, 1.807) is 12.1 Å². The zero-order valence-corrected chi connectivity index (χ0v) is 10.5. The Kier molecular flexibility index (Phi) is 2.74. The maximum absolute atomic E-state index is 13.9. The van der Waals surface area contributed by atoms with Gasteiger partial charge in [0.2, 0.25) is 11.8 Å². The molecule has 0 aliphatic carbocycles. The van der Waals surface area contributed by atoms with E-state index in [-0.39, 0.29) is 11.6 Å². The Labute approximate surface area is 112 Å². The van der Waals surface area contributed by atoms with E-state index in [9.17, 15) is 8.78 Å². The molecule has 0 fully saturated rings. The third-order valence-corrected chi connectivity index (χ3v) is 2.86. The molecule has 0 unspecified atom stereocenters. The van der Waals surface area contributed by atoms with Crippen molar-refractivity contribution in [1.82, 2.24) is 14.5 Å². The van der Waals surface area contributed by atoms with Crippen LogP contribution >= 0.6 is 0 Å². The Balaban J connectivity index is 2.34. The first-order valence-electron chi connectivity index (χ1n) is 5.74. The lowest BCUT2D eigenvalue weighted by Gasteiger charge is -2.07. The largest absolute Gasteiger partial charge is 0.481 e. The molecule has 20 heavy (non-hydrogen) atoms. The van der Waals surface area contributed by atoms with Crippen LogP contribution in [-0.2, 0) is 0 Å².